The van der Waals surface area contributed by atoms with E-state index in [9.17, 15) is 0 Å². The first-order chi connectivity index (χ1) is 12.8. The van der Waals surface area contributed by atoms with Gasteiger partial charge in [0.15, 0.2) is 0 Å². The molecule has 4 heteroatoms. The van der Waals surface area contributed by atoms with Crippen LogP contribution in [0, 0.1) is 11.3 Å². The van der Waals surface area contributed by atoms with Crippen LogP contribution in [-0.2, 0) is 0 Å². The first-order valence-electron chi connectivity index (χ1n) is 9.20. The second-order valence-corrected chi connectivity index (χ2v) is 6.02. The Morgan fingerprint density at radius 2 is 1.65 bits per heavy atom. The van der Waals surface area contributed by atoms with Crippen molar-refractivity contribution in [1.82, 2.24) is 0 Å². The Morgan fingerprint density at radius 3 is 2.31 bits per heavy atom. The number of hydrogen-bond donors (Lipinski definition) is 0. The lowest BCUT2D eigenvalue weighted by atomic mass is 10.2. The summed E-state index contributed by atoms with van der Waals surface area (Å²) < 4.78 is 11.7. The van der Waals surface area contributed by atoms with E-state index in [4.69, 9.17) is 14.7 Å². The van der Waals surface area contributed by atoms with Crippen LogP contribution in [0.25, 0.3) is 0 Å². The highest BCUT2D eigenvalue weighted by molar-refractivity contribution is 5.85. The number of benzene rings is 2. The molecule has 0 atom stereocenters. The molecule has 0 aliphatic heterocycles. The molecule has 0 aliphatic carbocycles. The van der Waals surface area contributed by atoms with Gasteiger partial charge in [0, 0.05) is 17.8 Å². The maximum atomic E-state index is 8.86. The highest BCUT2D eigenvalue weighted by Gasteiger charge is 2.05. The molecule has 0 unspecified atom stereocenters. The van der Waals surface area contributed by atoms with Crippen molar-refractivity contribution in [2.45, 2.75) is 39.5 Å². The minimum atomic E-state index is 0.626. The molecule has 0 aromatic heterocycles. The summed E-state index contributed by atoms with van der Waals surface area (Å²) in [5, 5.41) is 8.86. The number of rotatable bonds is 10. The van der Waals surface area contributed by atoms with E-state index in [1.54, 1.807) is 18.3 Å². The van der Waals surface area contributed by atoms with Crippen molar-refractivity contribution in [1.29, 1.82) is 5.26 Å². The van der Waals surface area contributed by atoms with E-state index in [0.29, 0.717) is 18.8 Å². The SMILES string of the molecule is CCCCOc1ccc(C=Nc2ccc(C#N)cc2)c(OCCCC)c1. The van der Waals surface area contributed by atoms with E-state index in [2.05, 4.69) is 24.9 Å². The lowest BCUT2D eigenvalue weighted by molar-refractivity contribution is 0.294. The number of unbranched alkanes of at least 4 members (excludes halogenated alkanes) is 2. The van der Waals surface area contributed by atoms with Crippen molar-refractivity contribution >= 4 is 11.9 Å². The summed E-state index contributed by atoms with van der Waals surface area (Å²) >= 11 is 0. The van der Waals surface area contributed by atoms with Crippen LogP contribution in [0.2, 0.25) is 0 Å². The van der Waals surface area contributed by atoms with Crippen molar-refractivity contribution in [2.75, 3.05) is 13.2 Å². The zero-order valence-electron chi connectivity index (χ0n) is 15.6. The quantitative estimate of drug-likeness (QED) is 0.410. The molecule has 0 radical (unpaired) electrons. The smallest absolute Gasteiger partial charge is 0.131 e. The van der Waals surface area contributed by atoms with Gasteiger partial charge in [-0.2, -0.15) is 5.26 Å². The first-order valence-corrected chi connectivity index (χ1v) is 9.20. The van der Waals surface area contributed by atoms with Gasteiger partial charge in [0.05, 0.1) is 30.5 Å². The summed E-state index contributed by atoms with van der Waals surface area (Å²) in [5.41, 5.74) is 2.33. The van der Waals surface area contributed by atoms with Crippen molar-refractivity contribution in [3.63, 3.8) is 0 Å². The number of nitriles is 1. The summed E-state index contributed by atoms with van der Waals surface area (Å²) in [4.78, 5) is 4.49. The topological polar surface area (TPSA) is 54.6 Å². The van der Waals surface area contributed by atoms with Crippen LogP contribution >= 0.6 is 0 Å². The largest absolute Gasteiger partial charge is 0.493 e. The average Bonchev–Trinajstić information content (AvgIpc) is 2.68. The molecule has 0 saturated heterocycles. The third kappa shape index (κ3) is 6.25. The fourth-order valence-electron chi connectivity index (χ4n) is 2.26. The predicted molar refractivity (Wildman–Crippen MR) is 106 cm³/mol. The van der Waals surface area contributed by atoms with Crippen LogP contribution in [0.1, 0.15) is 50.7 Å². The Bertz CT molecular complexity index is 746. The van der Waals surface area contributed by atoms with E-state index in [1.807, 2.05) is 30.3 Å². The van der Waals surface area contributed by atoms with Crippen LogP contribution in [0.5, 0.6) is 11.5 Å². The van der Waals surface area contributed by atoms with E-state index < -0.39 is 0 Å². The van der Waals surface area contributed by atoms with Crippen LogP contribution in [0.15, 0.2) is 47.5 Å². The van der Waals surface area contributed by atoms with Crippen molar-refractivity contribution < 1.29 is 9.47 Å². The van der Waals surface area contributed by atoms with E-state index in [1.165, 1.54) is 0 Å². The van der Waals surface area contributed by atoms with Gasteiger partial charge in [0.2, 0.25) is 0 Å². The predicted octanol–water partition coefficient (Wildman–Crippen LogP) is 5.67. The Balaban J connectivity index is 2.15. The monoisotopic (exact) mass is 350 g/mol. The molecule has 0 N–H and O–H groups in total. The number of hydrogen-bond acceptors (Lipinski definition) is 4. The van der Waals surface area contributed by atoms with E-state index in [-0.39, 0.29) is 0 Å². The molecular weight excluding hydrogens is 324 g/mol. The second-order valence-electron chi connectivity index (χ2n) is 6.02. The third-order valence-corrected chi connectivity index (χ3v) is 3.86. The van der Waals surface area contributed by atoms with Crippen molar-refractivity contribution in [3.8, 4) is 17.6 Å². The number of ether oxygens (including phenoxy) is 2. The first kappa shape index (κ1) is 19.5. The maximum absolute atomic E-state index is 8.86. The molecule has 4 nitrogen and oxygen atoms in total. The van der Waals surface area contributed by atoms with E-state index in [0.717, 1.165) is 48.4 Å². The fourth-order valence-corrected chi connectivity index (χ4v) is 2.26. The van der Waals surface area contributed by atoms with Gasteiger partial charge in [-0.15, -0.1) is 0 Å². The van der Waals surface area contributed by atoms with Crippen LogP contribution < -0.4 is 9.47 Å². The molecule has 2 aromatic carbocycles. The highest BCUT2D eigenvalue weighted by atomic mass is 16.5. The molecule has 0 amide bonds. The van der Waals surface area contributed by atoms with Gasteiger partial charge in [-0.3, -0.25) is 4.99 Å². The number of nitrogens with zero attached hydrogens (tertiary/aromatic N) is 2. The Kier molecular flexibility index (Phi) is 8.21. The fraction of sp³-hybridized carbons (Fsp3) is 0.364. The Labute approximate surface area is 156 Å². The summed E-state index contributed by atoms with van der Waals surface area (Å²) in [6.07, 6.45) is 6.02. The second kappa shape index (κ2) is 10.9. The lowest BCUT2D eigenvalue weighted by Crippen LogP contribution is -2.02. The third-order valence-electron chi connectivity index (χ3n) is 3.86. The molecule has 136 valence electrons. The van der Waals surface area contributed by atoms with Gasteiger partial charge in [-0.05, 0) is 49.2 Å². The molecule has 0 spiro atoms. The van der Waals surface area contributed by atoms with Gasteiger partial charge in [-0.25, -0.2) is 0 Å². The summed E-state index contributed by atoms with van der Waals surface area (Å²) in [6.45, 7) is 5.67. The molecule has 0 bridgehead atoms. The molecule has 2 rings (SSSR count). The Hall–Kier alpha value is -2.80. The average molecular weight is 350 g/mol. The number of aliphatic imine (C=N–C) groups is 1. The minimum Gasteiger partial charge on any atom is -0.493 e. The lowest BCUT2D eigenvalue weighted by Gasteiger charge is -2.12. The van der Waals surface area contributed by atoms with Gasteiger partial charge in [-0.1, -0.05) is 26.7 Å². The van der Waals surface area contributed by atoms with Crippen molar-refractivity contribution in [2.24, 2.45) is 4.99 Å². The molecular formula is C22H26N2O2. The van der Waals surface area contributed by atoms with Gasteiger partial charge in [0.1, 0.15) is 11.5 Å². The summed E-state index contributed by atoms with van der Waals surface area (Å²) in [7, 11) is 0. The molecule has 0 saturated carbocycles. The molecule has 0 heterocycles. The van der Waals surface area contributed by atoms with E-state index >= 15 is 0 Å². The summed E-state index contributed by atoms with van der Waals surface area (Å²) in [5.74, 6) is 1.60. The van der Waals surface area contributed by atoms with Gasteiger partial charge < -0.3 is 9.47 Å². The molecule has 0 fully saturated rings. The highest BCUT2D eigenvalue weighted by Crippen LogP contribution is 2.25. The zero-order chi connectivity index (χ0) is 18.6. The Morgan fingerprint density at radius 1 is 0.962 bits per heavy atom. The normalized spacial score (nSPS) is 10.7. The zero-order valence-corrected chi connectivity index (χ0v) is 15.6. The molecule has 0 aliphatic rings. The molecule has 26 heavy (non-hydrogen) atoms. The van der Waals surface area contributed by atoms with Gasteiger partial charge >= 0.3 is 0 Å². The van der Waals surface area contributed by atoms with Gasteiger partial charge in [0.25, 0.3) is 0 Å². The maximum Gasteiger partial charge on any atom is 0.131 e. The minimum absolute atomic E-state index is 0.626. The van der Waals surface area contributed by atoms with Crippen LogP contribution in [-0.4, -0.2) is 19.4 Å². The standard InChI is InChI=1S/C22H26N2O2/c1-3-5-13-25-21-12-9-19(22(15-21)26-14-6-4-2)17-24-20-10-7-18(16-23)8-11-20/h7-12,15,17H,3-6,13-14H2,1-2H3. The van der Waals surface area contributed by atoms with Crippen molar-refractivity contribution in [3.05, 3.63) is 53.6 Å². The van der Waals surface area contributed by atoms with Crippen LogP contribution in [0.3, 0.4) is 0 Å². The molecule has 2 aromatic rings. The van der Waals surface area contributed by atoms with Crippen LogP contribution in [0.4, 0.5) is 5.69 Å². The summed E-state index contributed by atoms with van der Waals surface area (Å²) in [6, 6.07) is 15.1.